The van der Waals surface area contributed by atoms with Crippen molar-refractivity contribution in [2.45, 2.75) is 26.7 Å². The van der Waals surface area contributed by atoms with E-state index in [1.54, 1.807) is 0 Å². The summed E-state index contributed by atoms with van der Waals surface area (Å²) >= 11 is 0. The van der Waals surface area contributed by atoms with Crippen LogP contribution in [0.25, 0.3) is 11.4 Å². The highest BCUT2D eigenvalue weighted by Crippen LogP contribution is 2.20. The Kier molecular flexibility index (Phi) is 2.95. The van der Waals surface area contributed by atoms with Gasteiger partial charge in [-0.3, -0.25) is 0 Å². The van der Waals surface area contributed by atoms with Gasteiger partial charge in [0.05, 0.1) is 5.69 Å². The van der Waals surface area contributed by atoms with Crippen molar-refractivity contribution in [2.75, 3.05) is 5.73 Å². The molecule has 0 saturated carbocycles. The van der Waals surface area contributed by atoms with Gasteiger partial charge in [-0.15, -0.1) is 0 Å². The molecule has 1 heterocycles. The number of nitrogen functional groups attached to an aromatic ring is 1. The first-order valence-electron chi connectivity index (χ1n) is 5.68. The molecule has 0 aliphatic heterocycles. The number of H-pyrrole nitrogens is 1. The number of aryl methyl sites for hydroxylation is 2. The molecule has 0 aliphatic rings. The molecule has 3 N–H and O–H groups in total. The zero-order chi connectivity index (χ0) is 11.5. The normalized spacial score (nSPS) is 10.6. The molecule has 0 unspecified atom stereocenters. The van der Waals surface area contributed by atoms with Crippen molar-refractivity contribution in [3.8, 4) is 11.4 Å². The fourth-order valence-electron chi connectivity index (χ4n) is 1.85. The largest absolute Gasteiger partial charge is 0.399 e. The van der Waals surface area contributed by atoms with Crippen LogP contribution in [0.4, 0.5) is 5.69 Å². The Hall–Kier alpha value is -1.77. The second-order valence-electron chi connectivity index (χ2n) is 3.84. The summed E-state index contributed by atoms with van der Waals surface area (Å²) in [6.07, 6.45) is 1.94. The zero-order valence-electron chi connectivity index (χ0n) is 9.75. The van der Waals surface area contributed by atoms with Gasteiger partial charge in [0.1, 0.15) is 5.82 Å². The Labute approximate surface area is 95.7 Å². The number of anilines is 1. The van der Waals surface area contributed by atoms with Gasteiger partial charge in [0.25, 0.3) is 0 Å². The monoisotopic (exact) mass is 215 g/mol. The number of nitrogens with one attached hydrogen (secondary N) is 1. The molecule has 0 bridgehead atoms. The van der Waals surface area contributed by atoms with Gasteiger partial charge in [0.15, 0.2) is 0 Å². The van der Waals surface area contributed by atoms with E-state index in [9.17, 15) is 0 Å². The zero-order valence-corrected chi connectivity index (χ0v) is 9.75. The fourth-order valence-corrected chi connectivity index (χ4v) is 1.85. The molecule has 0 fully saturated rings. The molecule has 2 aromatic rings. The maximum absolute atomic E-state index is 5.76. The predicted molar refractivity (Wildman–Crippen MR) is 67.2 cm³/mol. The summed E-state index contributed by atoms with van der Waals surface area (Å²) in [6.45, 7) is 4.26. The highest BCUT2D eigenvalue weighted by molar-refractivity contribution is 5.61. The van der Waals surface area contributed by atoms with Crippen LogP contribution in [-0.2, 0) is 12.8 Å². The van der Waals surface area contributed by atoms with Crippen LogP contribution in [0, 0.1) is 0 Å². The summed E-state index contributed by atoms with van der Waals surface area (Å²) in [4.78, 5) is 7.96. The number of aromatic nitrogens is 2. The van der Waals surface area contributed by atoms with Gasteiger partial charge in [0.2, 0.25) is 0 Å². The van der Waals surface area contributed by atoms with E-state index in [4.69, 9.17) is 5.73 Å². The van der Waals surface area contributed by atoms with Crippen molar-refractivity contribution in [2.24, 2.45) is 0 Å². The van der Waals surface area contributed by atoms with Gasteiger partial charge in [-0.2, -0.15) is 0 Å². The van der Waals surface area contributed by atoms with Gasteiger partial charge in [-0.05, 0) is 25.0 Å². The molecule has 0 aliphatic carbocycles. The molecule has 16 heavy (non-hydrogen) atoms. The number of imidazole rings is 1. The third-order valence-corrected chi connectivity index (χ3v) is 2.71. The van der Waals surface area contributed by atoms with Crippen LogP contribution in [0.5, 0.6) is 0 Å². The molecule has 0 amide bonds. The second-order valence-corrected chi connectivity index (χ2v) is 3.84. The maximum Gasteiger partial charge on any atom is 0.137 e. The number of nitrogens with zero attached hydrogens (tertiary/aromatic N) is 1. The average Bonchev–Trinajstić information content (AvgIpc) is 2.72. The Bertz CT molecular complexity index is 464. The summed E-state index contributed by atoms with van der Waals surface area (Å²) in [7, 11) is 0. The summed E-state index contributed by atoms with van der Waals surface area (Å²) in [5.74, 6) is 0.918. The summed E-state index contributed by atoms with van der Waals surface area (Å²) in [5.41, 5.74) is 9.96. The molecule has 3 heteroatoms. The van der Waals surface area contributed by atoms with E-state index >= 15 is 0 Å². The SMILES string of the molecule is CCc1nc(-c2cccc(N)c2)[nH]c1CC. The minimum absolute atomic E-state index is 0.769. The third kappa shape index (κ3) is 1.94. The molecular formula is C13H17N3. The first kappa shape index (κ1) is 10.7. The van der Waals surface area contributed by atoms with Crippen LogP contribution >= 0.6 is 0 Å². The van der Waals surface area contributed by atoms with Gasteiger partial charge < -0.3 is 10.7 Å². The minimum Gasteiger partial charge on any atom is -0.399 e. The lowest BCUT2D eigenvalue weighted by atomic mass is 10.2. The van der Waals surface area contributed by atoms with E-state index in [0.717, 1.165) is 35.6 Å². The average molecular weight is 215 g/mol. The molecule has 2 rings (SSSR count). The lowest BCUT2D eigenvalue weighted by Gasteiger charge is -1.97. The number of aromatic amines is 1. The Morgan fingerprint density at radius 2 is 2.06 bits per heavy atom. The Morgan fingerprint density at radius 1 is 1.25 bits per heavy atom. The highest BCUT2D eigenvalue weighted by atomic mass is 14.9. The van der Waals surface area contributed by atoms with E-state index in [2.05, 4.69) is 23.8 Å². The molecule has 0 radical (unpaired) electrons. The molecule has 0 atom stereocenters. The summed E-state index contributed by atoms with van der Waals surface area (Å²) in [6, 6.07) is 7.80. The molecule has 1 aromatic carbocycles. The number of hydrogen-bond donors (Lipinski definition) is 2. The van der Waals surface area contributed by atoms with E-state index in [1.807, 2.05) is 24.3 Å². The van der Waals surface area contributed by atoms with Crippen LogP contribution in [0.15, 0.2) is 24.3 Å². The number of nitrogens with two attached hydrogens (primary N) is 1. The number of hydrogen-bond acceptors (Lipinski definition) is 2. The molecule has 0 saturated heterocycles. The van der Waals surface area contributed by atoms with E-state index in [1.165, 1.54) is 5.69 Å². The molecule has 0 spiro atoms. The topological polar surface area (TPSA) is 54.7 Å². The summed E-state index contributed by atoms with van der Waals surface area (Å²) < 4.78 is 0. The lowest BCUT2D eigenvalue weighted by molar-refractivity contribution is 0.979. The van der Waals surface area contributed by atoms with Crippen molar-refractivity contribution in [1.82, 2.24) is 9.97 Å². The van der Waals surface area contributed by atoms with Crippen LogP contribution in [0.1, 0.15) is 25.2 Å². The molecular weight excluding hydrogens is 198 g/mol. The Morgan fingerprint density at radius 3 is 2.62 bits per heavy atom. The van der Waals surface area contributed by atoms with Crippen molar-refractivity contribution >= 4 is 5.69 Å². The van der Waals surface area contributed by atoms with E-state index in [-0.39, 0.29) is 0 Å². The third-order valence-electron chi connectivity index (χ3n) is 2.71. The minimum atomic E-state index is 0.769. The Balaban J connectivity index is 2.44. The molecule has 84 valence electrons. The first-order chi connectivity index (χ1) is 7.74. The number of benzene rings is 1. The molecule has 1 aromatic heterocycles. The quantitative estimate of drug-likeness (QED) is 0.773. The highest BCUT2D eigenvalue weighted by Gasteiger charge is 2.08. The smallest absolute Gasteiger partial charge is 0.137 e. The van der Waals surface area contributed by atoms with Crippen LogP contribution < -0.4 is 5.73 Å². The standard InChI is InChI=1S/C13H17N3/c1-3-11-12(4-2)16-13(15-11)9-6-5-7-10(14)8-9/h5-8H,3-4,14H2,1-2H3,(H,15,16). The number of rotatable bonds is 3. The van der Waals surface area contributed by atoms with E-state index in [0.29, 0.717) is 0 Å². The van der Waals surface area contributed by atoms with Crippen molar-refractivity contribution in [3.05, 3.63) is 35.7 Å². The van der Waals surface area contributed by atoms with Crippen LogP contribution in [-0.4, -0.2) is 9.97 Å². The fraction of sp³-hybridized carbons (Fsp3) is 0.308. The van der Waals surface area contributed by atoms with Crippen molar-refractivity contribution in [3.63, 3.8) is 0 Å². The first-order valence-corrected chi connectivity index (χ1v) is 5.68. The lowest BCUT2D eigenvalue weighted by Crippen LogP contribution is -1.87. The van der Waals surface area contributed by atoms with Crippen LogP contribution in [0.2, 0.25) is 0 Å². The second kappa shape index (κ2) is 4.39. The van der Waals surface area contributed by atoms with Gasteiger partial charge in [-0.25, -0.2) is 4.98 Å². The van der Waals surface area contributed by atoms with Gasteiger partial charge >= 0.3 is 0 Å². The van der Waals surface area contributed by atoms with Crippen molar-refractivity contribution < 1.29 is 0 Å². The van der Waals surface area contributed by atoms with Gasteiger partial charge in [0, 0.05) is 16.9 Å². The van der Waals surface area contributed by atoms with Gasteiger partial charge in [-0.1, -0.05) is 26.0 Å². The van der Waals surface area contributed by atoms with Crippen molar-refractivity contribution in [1.29, 1.82) is 0 Å². The van der Waals surface area contributed by atoms with E-state index < -0.39 is 0 Å². The van der Waals surface area contributed by atoms with Crippen LogP contribution in [0.3, 0.4) is 0 Å². The molecule has 3 nitrogen and oxygen atoms in total. The summed E-state index contributed by atoms with van der Waals surface area (Å²) in [5, 5.41) is 0. The maximum atomic E-state index is 5.76. The predicted octanol–water partition coefficient (Wildman–Crippen LogP) is 2.78.